The van der Waals surface area contributed by atoms with Crippen molar-refractivity contribution in [2.75, 3.05) is 10.2 Å². The highest BCUT2D eigenvalue weighted by molar-refractivity contribution is 6.46. The zero-order chi connectivity index (χ0) is 19.7. The lowest BCUT2D eigenvalue weighted by Crippen LogP contribution is -2.32. The third kappa shape index (κ3) is 3.19. The Morgan fingerprint density at radius 3 is 2.11 bits per heavy atom. The minimum Gasteiger partial charge on any atom is -0.350 e. The number of imide groups is 1. The Kier molecular flexibility index (Phi) is 4.72. The number of para-hydroxylation sites is 1. The first kappa shape index (κ1) is 18.0. The Labute approximate surface area is 168 Å². The summed E-state index contributed by atoms with van der Waals surface area (Å²) in [6.07, 6.45) is 0. The molecule has 0 atom stereocenters. The number of benzene rings is 3. The van der Waals surface area contributed by atoms with Crippen molar-refractivity contribution in [3.63, 3.8) is 0 Å². The van der Waals surface area contributed by atoms with E-state index in [9.17, 15) is 9.59 Å². The molecular weight excluding hydrogens is 372 g/mol. The zero-order valence-electron chi connectivity index (χ0n) is 15.1. The van der Waals surface area contributed by atoms with E-state index in [0.717, 1.165) is 11.3 Å². The molecule has 2 amide bonds. The zero-order valence-corrected chi connectivity index (χ0v) is 15.9. The van der Waals surface area contributed by atoms with Crippen molar-refractivity contribution < 1.29 is 9.59 Å². The fourth-order valence-electron chi connectivity index (χ4n) is 3.23. The first-order valence-electron chi connectivity index (χ1n) is 8.83. The molecular formula is C23H17ClN2O2. The SMILES string of the molecule is Cc1cc(Cl)ccc1NC1=C(c2ccccc2)C(=O)N(c2ccccc2)C1=O. The molecule has 0 aliphatic carbocycles. The second kappa shape index (κ2) is 7.33. The van der Waals surface area contributed by atoms with Crippen LogP contribution in [-0.4, -0.2) is 11.8 Å². The van der Waals surface area contributed by atoms with E-state index in [2.05, 4.69) is 5.32 Å². The Morgan fingerprint density at radius 1 is 0.821 bits per heavy atom. The minimum atomic E-state index is -0.385. The number of carbonyl (C=O) groups excluding carboxylic acids is 2. The van der Waals surface area contributed by atoms with Gasteiger partial charge in [0.1, 0.15) is 5.70 Å². The van der Waals surface area contributed by atoms with E-state index >= 15 is 0 Å². The molecule has 138 valence electrons. The van der Waals surface area contributed by atoms with E-state index in [1.54, 1.807) is 36.4 Å². The quantitative estimate of drug-likeness (QED) is 0.636. The number of amides is 2. The molecule has 1 heterocycles. The van der Waals surface area contributed by atoms with Crippen molar-refractivity contribution in [3.05, 3.63) is 101 Å². The van der Waals surface area contributed by atoms with E-state index in [-0.39, 0.29) is 17.5 Å². The van der Waals surface area contributed by atoms with Gasteiger partial charge in [0.2, 0.25) is 0 Å². The molecule has 1 aliphatic rings. The smallest absolute Gasteiger partial charge is 0.282 e. The van der Waals surface area contributed by atoms with Crippen LogP contribution in [0.1, 0.15) is 11.1 Å². The van der Waals surface area contributed by atoms with E-state index < -0.39 is 0 Å². The predicted octanol–water partition coefficient (Wildman–Crippen LogP) is 5.05. The molecule has 0 saturated heterocycles. The monoisotopic (exact) mass is 388 g/mol. The number of hydrogen-bond acceptors (Lipinski definition) is 3. The predicted molar refractivity (Wildman–Crippen MR) is 112 cm³/mol. The van der Waals surface area contributed by atoms with Crippen molar-refractivity contribution in [3.8, 4) is 0 Å². The van der Waals surface area contributed by atoms with Gasteiger partial charge in [-0.3, -0.25) is 9.59 Å². The van der Waals surface area contributed by atoms with E-state index in [1.165, 1.54) is 4.90 Å². The van der Waals surface area contributed by atoms with Gasteiger partial charge in [-0.05, 0) is 48.4 Å². The van der Waals surface area contributed by atoms with Gasteiger partial charge in [0.25, 0.3) is 11.8 Å². The molecule has 4 rings (SSSR count). The maximum absolute atomic E-state index is 13.2. The van der Waals surface area contributed by atoms with Crippen LogP contribution in [0.2, 0.25) is 5.02 Å². The summed E-state index contributed by atoms with van der Waals surface area (Å²) in [6.45, 7) is 1.90. The minimum absolute atomic E-state index is 0.255. The lowest BCUT2D eigenvalue weighted by Gasteiger charge is -2.15. The van der Waals surface area contributed by atoms with Gasteiger partial charge in [0, 0.05) is 10.7 Å². The van der Waals surface area contributed by atoms with Crippen LogP contribution in [0.4, 0.5) is 11.4 Å². The van der Waals surface area contributed by atoms with Crippen LogP contribution in [0.3, 0.4) is 0 Å². The van der Waals surface area contributed by atoms with Crippen LogP contribution < -0.4 is 10.2 Å². The number of rotatable bonds is 4. The van der Waals surface area contributed by atoms with Crippen LogP contribution in [0.25, 0.3) is 5.57 Å². The fraction of sp³-hybridized carbons (Fsp3) is 0.0435. The lowest BCUT2D eigenvalue weighted by atomic mass is 10.0. The number of nitrogens with zero attached hydrogens (tertiary/aromatic N) is 1. The van der Waals surface area contributed by atoms with E-state index in [1.807, 2.05) is 49.4 Å². The highest BCUT2D eigenvalue weighted by Crippen LogP contribution is 2.34. The number of halogens is 1. The van der Waals surface area contributed by atoms with Gasteiger partial charge in [-0.1, -0.05) is 60.1 Å². The largest absolute Gasteiger partial charge is 0.350 e. The van der Waals surface area contributed by atoms with Crippen LogP contribution in [-0.2, 0) is 9.59 Å². The third-order valence-corrected chi connectivity index (χ3v) is 4.84. The first-order valence-corrected chi connectivity index (χ1v) is 9.21. The van der Waals surface area contributed by atoms with Gasteiger partial charge in [-0.2, -0.15) is 0 Å². The Bertz CT molecular complexity index is 1090. The van der Waals surface area contributed by atoms with Gasteiger partial charge in [0.05, 0.1) is 11.3 Å². The number of anilines is 2. The molecule has 4 nitrogen and oxygen atoms in total. The Hall–Kier alpha value is -3.37. The third-order valence-electron chi connectivity index (χ3n) is 4.61. The Morgan fingerprint density at radius 2 is 1.46 bits per heavy atom. The summed E-state index contributed by atoms with van der Waals surface area (Å²) in [4.78, 5) is 27.7. The number of aryl methyl sites for hydroxylation is 1. The maximum Gasteiger partial charge on any atom is 0.282 e. The number of carbonyl (C=O) groups is 2. The molecule has 3 aromatic carbocycles. The first-order chi connectivity index (χ1) is 13.6. The molecule has 3 aromatic rings. The normalized spacial score (nSPS) is 14.0. The van der Waals surface area contributed by atoms with Crippen molar-refractivity contribution >= 4 is 40.4 Å². The average molecular weight is 389 g/mol. The molecule has 1 aliphatic heterocycles. The van der Waals surface area contributed by atoms with Gasteiger partial charge >= 0.3 is 0 Å². The summed E-state index contributed by atoms with van der Waals surface area (Å²) in [5, 5.41) is 3.78. The van der Waals surface area contributed by atoms with Crippen LogP contribution in [0, 0.1) is 6.92 Å². The van der Waals surface area contributed by atoms with E-state index in [4.69, 9.17) is 11.6 Å². The molecule has 0 unspecified atom stereocenters. The highest BCUT2D eigenvalue weighted by atomic mass is 35.5. The maximum atomic E-state index is 13.2. The average Bonchev–Trinajstić information content (AvgIpc) is 2.95. The molecule has 0 saturated carbocycles. The molecule has 0 aromatic heterocycles. The lowest BCUT2D eigenvalue weighted by molar-refractivity contribution is -0.120. The molecule has 5 heteroatoms. The molecule has 0 fully saturated rings. The van der Waals surface area contributed by atoms with Gasteiger partial charge in [-0.25, -0.2) is 4.90 Å². The second-order valence-electron chi connectivity index (χ2n) is 6.48. The van der Waals surface area contributed by atoms with Crippen molar-refractivity contribution in [2.45, 2.75) is 6.92 Å². The summed E-state index contributed by atoms with van der Waals surface area (Å²) >= 11 is 6.04. The van der Waals surface area contributed by atoms with Crippen LogP contribution in [0.5, 0.6) is 0 Å². The molecule has 1 N–H and O–H groups in total. The summed E-state index contributed by atoms with van der Waals surface area (Å²) in [5.41, 5.74) is 3.44. The summed E-state index contributed by atoms with van der Waals surface area (Å²) in [7, 11) is 0. The van der Waals surface area contributed by atoms with Crippen molar-refractivity contribution in [2.24, 2.45) is 0 Å². The van der Waals surface area contributed by atoms with Crippen LogP contribution in [0.15, 0.2) is 84.6 Å². The summed E-state index contributed by atoms with van der Waals surface area (Å²) in [6, 6.07) is 23.5. The van der Waals surface area contributed by atoms with Crippen molar-refractivity contribution in [1.82, 2.24) is 0 Å². The molecule has 28 heavy (non-hydrogen) atoms. The van der Waals surface area contributed by atoms with Gasteiger partial charge < -0.3 is 5.32 Å². The molecule has 0 bridgehead atoms. The number of nitrogens with one attached hydrogen (secondary N) is 1. The standard InChI is InChI=1S/C23H17ClN2O2/c1-15-14-17(24)12-13-19(15)25-21-20(16-8-4-2-5-9-16)22(27)26(23(21)28)18-10-6-3-7-11-18/h2-14,25H,1H3. The fourth-order valence-corrected chi connectivity index (χ4v) is 3.46. The van der Waals surface area contributed by atoms with E-state index in [0.29, 0.717) is 21.8 Å². The molecule has 0 radical (unpaired) electrons. The van der Waals surface area contributed by atoms with Crippen LogP contribution >= 0.6 is 11.6 Å². The Balaban J connectivity index is 1.83. The summed E-state index contributed by atoms with van der Waals surface area (Å²) < 4.78 is 0. The topological polar surface area (TPSA) is 49.4 Å². The molecule has 0 spiro atoms. The second-order valence-corrected chi connectivity index (χ2v) is 6.92. The number of hydrogen-bond donors (Lipinski definition) is 1. The summed E-state index contributed by atoms with van der Waals surface area (Å²) in [5.74, 6) is -0.735. The van der Waals surface area contributed by atoms with Gasteiger partial charge in [0.15, 0.2) is 0 Å². The van der Waals surface area contributed by atoms with Crippen molar-refractivity contribution in [1.29, 1.82) is 0 Å². The highest BCUT2D eigenvalue weighted by Gasteiger charge is 2.40. The van der Waals surface area contributed by atoms with Gasteiger partial charge in [-0.15, -0.1) is 0 Å².